The summed E-state index contributed by atoms with van der Waals surface area (Å²) in [6.07, 6.45) is 0. The summed E-state index contributed by atoms with van der Waals surface area (Å²) in [5, 5.41) is 11.6. The van der Waals surface area contributed by atoms with E-state index in [4.69, 9.17) is 0 Å². The van der Waals surface area contributed by atoms with Crippen LogP contribution in [0.25, 0.3) is 42.4 Å². The third kappa shape index (κ3) is 1.63. The third-order valence-electron chi connectivity index (χ3n) is 4.56. The van der Waals surface area contributed by atoms with Crippen molar-refractivity contribution in [2.24, 2.45) is 0 Å². The monoisotopic (exact) mass is 298 g/mol. The molecule has 5 aromatic rings. The molecule has 22 heavy (non-hydrogen) atoms. The lowest BCUT2D eigenvalue weighted by Crippen LogP contribution is -1.81. The maximum absolute atomic E-state index is 2.35. The Morgan fingerprint density at radius 2 is 1.41 bits per heavy atom. The topological polar surface area (TPSA) is 0 Å². The van der Waals surface area contributed by atoms with Crippen LogP contribution < -0.4 is 0 Å². The van der Waals surface area contributed by atoms with Gasteiger partial charge in [0.2, 0.25) is 0 Å². The maximum atomic E-state index is 2.35. The van der Waals surface area contributed by atoms with Crippen LogP contribution in [0.2, 0.25) is 0 Å². The van der Waals surface area contributed by atoms with Gasteiger partial charge in [-0.25, -0.2) is 0 Å². The summed E-state index contributed by atoms with van der Waals surface area (Å²) in [5.41, 5.74) is 1.31. The molecular formula is C21H14S. The summed E-state index contributed by atoms with van der Waals surface area (Å²) in [4.78, 5) is 0. The van der Waals surface area contributed by atoms with E-state index < -0.39 is 0 Å². The lowest BCUT2D eigenvalue weighted by atomic mass is 9.96. The second-order valence-electron chi connectivity index (χ2n) is 5.98. The van der Waals surface area contributed by atoms with E-state index >= 15 is 0 Å². The molecule has 0 fully saturated rings. The molecule has 0 radical (unpaired) electrons. The second-order valence-corrected chi connectivity index (χ2v) is 6.93. The van der Waals surface area contributed by atoms with Crippen LogP contribution in [0.4, 0.5) is 0 Å². The summed E-state index contributed by atoms with van der Waals surface area (Å²) in [6, 6.07) is 22.6. The van der Waals surface area contributed by atoms with Crippen LogP contribution in [0.15, 0.2) is 66.0 Å². The average Bonchev–Trinajstić information content (AvgIpc) is 3.01. The molecule has 0 aliphatic carbocycles. The molecule has 0 saturated carbocycles. The largest absolute Gasteiger partial charge is 0.144 e. The van der Waals surface area contributed by atoms with E-state index in [1.54, 1.807) is 0 Å². The molecule has 0 atom stereocenters. The van der Waals surface area contributed by atoms with E-state index in [0.717, 1.165) is 0 Å². The van der Waals surface area contributed by atoms with Gasteiger partial charge < -0.3 is 0 Å². The first-order valence-corrected chi connectivity index (χ1v) is 8.41. The number of hydrogen-bond acceptors (Lipinski definition) is 1. The highest BCUT2D eigenvalue weighted by Gasteiger charge is 2.06. The molecule has 0 amide bonds. The molecule has 0 bridgehead atoms. The number of aryl methyl sites for hydroxylation is 1. The van der Waals surface area contributed by atoms with E-state index in [2.05, 4.69) is 73.0 Å². The van der Waals surface area contributed by atoms with E-state index in [0.29, 0.717) is 0 Å². The Kier molecular flexibility index (Phi) is 2.39. The van der Waals surface area contributed by atoms with Crippen molar-refractivity contribution in [3.05, 3.63) is 71.6 Å². The first kappa shape index (κ1) is 12.2. The minimum atomic E-state index is 1.31. The van der Waals surface area contributed by atoms with E-state index in [1.807, 2.05) is 11.3 Å². The van der Waals surface area contributed by atoms with E-state index in [-0.39, 0.29) is 0 Å². The first-order valence-electron chi connectivity index (χ1n) is 7.53. The van der Waals surface area contributed by atoms with Crippen LogP contribution in [0.5, 0.6) is 0 Å². The Balaban J connectivity index is 2.01. The average molecular weight is 298 g/mol. The van der Waals surface area contributed by atoms with Crippen LogP contribution in [0.1, 0.15) is 5.56 Å². The molecule has 0 aliphatic rings. The van der Waals surface area contributed by atoms with Gasteiger partial charge in [0.05, 0.1) is 0 Å². The summed E-state index contributed by atoms with van der Waals surface area (Å²) < 4.78 is 1.36. The molecule has 5 rings (SSSR count). The zero-order valence-electron chi connectivity index (χ0n) is 12.3. The predicted molar refractivity (Wildman–Crippen MR) is 99.1 cm³/mol. The lowest BCUT2D eigenvalue weighted by molar-refractivity contribution is 1.51. The van der Waals surface area contributed by atoms with Gasteiger partial charge in [-0.2, -0.15) is 0 Å². The van der Waals surface area contributed by atoms with Gasteiger partial charge >= 0.3 is 0 Å². The zero-order valence-corrected chi connectivity index (χ0v) is 13.1. The van der Waals surface area contributed by atoms with E-state index in [1.165, 1.54) is 48.0 Å². The van der Waals surface area contributed by atoms with Crippen molar-refractivity contribution in [2.75, 3.05) is 0 Å². The minimum absolute atomic E-state index is 1.31. The van der Waals surface area contributed by atoms with Crippen molar-refractivity contribution in [3.8, 4) is 0 Å². The Morgan fingerprint density at radius 1 is 0.591 bits per heavy atom. The number of benzene rings is 4. The fourth-order valence-corrected chi connectivity index (χ4v) is 4.26. The molecule has 1 heteroatoms. The van der Waals surface area contributed by atoms with Crippen LogP contribution in [-0.2, 0) is 0 Å². The number of rotatable bonds is 0. The van der Waals surface area contributed by atoms with Crippen molar-refractivity contribution < 1.29 is 0 Å². The molecule has 0 spiro atoms. The van der Waals surface area contributed by atoms with Crippen LogP contribution in [0, 0.1) is 6.92 Å². The van der Waals surface area contributed by atoms with Crippen LogP contribution in [-0.4, -0.2) is 0 Å². The van der Waals surface area contributed by atoms with Crippen molar-refractivity contribution in [1.29, 1.82) is 0 Å². The van der Waals surface area contributed by atoms with Gasteiger partial charge in [0, 0.05) is 10.1 Å². The fraction of sp³-hybridized carbons (Fsp3) is 0.0476. The smallest absolute Gasteiger partial charge is 0.0349 e. The molecule has 0 unspecified atom stereocenters. The lowest BCUT2D eigenvalue weighted by Gasteiger charge is -2.08. The van der Waals surface area contributed by atoms with Gasteiger partial charge in [-0.1, -0.05) is 42.0 Å². The van der Waals surface area contributed by atoms with Gasteiger partial charge in [-0.3, -0.25) is 0 Å². The normalized spacial score (nSPS) is 11.9. The number of thiophene rings is 1. The summed E-state index contributed by atoms with van der Waals surface area (Å²) in [7, 11) is 0. The molecular weight excluding hydrogens is 284 g/mol. The SMILES string of the molecule is Cc1ccc2cc3ccc4c5ccsc5ccc4c3cc2c1. The summed E-state index contributed by atoms with van der Waals surface area (Å²) in [6.45, 7) is 2.15. The Bertz CT molecular complexity index is 1180. The molecule has 0 nitrogen and oxygen atoms in total. The number of fused-ring (bicyclic) bond motifs is 6. The molecule has 1 aromatic heterocycles. The quantitative estimate of drug-likeness (QED) is 0.221. The Morgan fingerprint density at radius 3 is 2.36 bits per heavy atom. The fourth-order valence-electron chi connectivity index (χ4n) is 3.46. The van der Waals surface area contributed by atoms with Gasteiger partial charge in [-0.15, -0.1) is 11.3 Å². The van der Waals surface area contributed by atoms with Gasteiger partial charge in [0.25, 0.3) is 0 Å². The molecule has 1 heterocycles. The minimum Gasteiger partial charge on any atom is -0.144 e. The van der Waals surface area contributed by atoms with Crippen molar-refractivity contribution in [3.63, 3.8) is 0 Å². The van der Waals surface area contributed by atoms with Gasteiger partial charge in [0.1, 0.15) is 0 Å². The number of hydrogen-bond donors (Lipinski definition) is 0. The van der Waals surface area contributed by atoms with Gasteiger partial charge in [-0.05, 0) is 68.9 Å². The standard InChI is InChI=1S/C21H14S/c1-13-2-3-14-11-15-4-5-17-18(20(15)12-16(14)10-13)6-7-21-19(17)8-9-22-21/h2-12H,1H3. The highest BCUT2D eigenvalue weighted by molar-refractivity contribution is 7.17. The molecule has 0 N–H and O–H groups in total. The van der Waals surface area contributed by atoms with Crippen LogP contribution >= 0.6 is 11.3 Å². The molecule has 0 aliphatic heterocycles. The third-order valence-corrected chi connectivity index (χ3v) is 5.44. The molecule has 4 aromatic carbocycles. The van der Waals surface area contributed by atoms with Crippen molar-refractivity contribution >= 4 is 53.7 Å². The van der Waals surface area contributed by atoms with E-state index in [9.17, 15) is 0 Å². The van der Waals surface area contributed by atoms with Crippen LogP contribution in [0.3, 0.4) is 0 Å². The summed E-state index contributed by atoms with van der Waals surface area (Å²) in [5.74, 6) is 0. The Hall–Kier alpha value is -2.38. The van der Waals surface area contributed by atoms with Crippen molar-refractivity contribution in [2.45, 2.75) is 6.92 Å². The van der Waals surface area contributed by atoms with Crippen molar-refractivity contribution in [1.82, 2.24) is 0 Å². The maximum Gasteiger partial charge on any atom is 0.0349 e. The zero-order chi connectivity index (χ0) is 14.7. The highest BCUT2D eigenvalue weighted by atomic mass is 32.1. The first-order chi connectivity index (χ1) is 10.8. The predicted octanol–water partition coefficient (Wildman–Crippen LogP) is 6.67. The highest BCUT2D eigenvalue weighted by Crippen LogP contribution is 2.35. The molecule has 0 saturated heterocycles. The molecule has 104 valence electrons. The van der Waals surface area contributed by atoms with Gasteiger partial charge in [0.15, 0.2) is 0 Å². The Labute approximate surface area is 132 Å². The summed E-state index contributed by atoms with van der Waals surface area (Å²) >= 11 is 1.81. The second kappa shape index (κ2) is 4.31.